The van der Waals surface area contributed by atoms with Gasteiger partial charge in [-0.25, -0.2) is 18.7 Å². The third-order valence-corrected chi connectivity index (χ3v) is 12.7. The molecule has 17 heteroatoms. The molecule has 4 heterocycles. The molecule has 0 fully saturated rings. The SMILES string of the molecule is Cc1cc(=O)n(-c2ccc3snc(C(SCCCO)SCCCO)c3c2)c(=O)n1C.Cc1cc(=O)n(-c2ccc3snc(C=O)c3c2)c(=O)n1C. The van der Waals surface area contributed by atoms with Crippen LogP contribution in [0.3, 0.4) is 0 Å². The number of fused-ring (bicyclic) bond motifs is 2. The van der Waals surface area contributed by atoms with Gasteiger partial charge in [-0.05, 0) is 97.7 Å². The van der Waals surface area contributed by atoms with Gasteiger partial charge in [0.2, 0.25) is 0 Å². The van der Waals surface area contributed by atoms with E-state index in [0.717, 1.165) is 36.6 Å². The Balaban J connectivity index is 0.000000210. The Morgan fingerprint density at radius 3 is 1.69 bits per heavy atom. The zero-order chi connectivity index (χ0) is 36.8. The predicted octanol–water partition coefficient (Wildman–Crippen LogP) is 3.95. The zero-order valence-corrected chi connectivity index (χ0v) is 31.5. The number of thioether (sulfide) groups is 2. The van der Waals surface area contributed by atoms with E-state index in [1.807, 2.05) is 12.1 Å². The van der Waals surface area contributed by atoms with Crippen LogP contribution in [0.5, 0.6) is 0 Å². The van der Waals surface area contributed by atoms with Crippen LogP contribution in [0.25, 0.3) is 31.5 Å². The molecule has 0 amide bonds. The number of aliphatic hydroxyl groups excluding tert-OH is 2. The fourth-order valence-electron chi connectivity index (χ4n) is 5.09. The molecule has 0 radical (unpaired) electrons. The van der Waals surface area contributed by atoms with Gasteiger partial charge in [0.1, 0.15) is 5.69 Å². The van der Waals surface area contributed by atoms with Crippen LogP contribution in [-0.4, -0.2) is 68.2 Å². The Kier molecular flexibility index (Phi) is 12.6. The number of hydrogen-bond acceptors (Lipinski definition) is 13. The molecule has 6 rings (SSSR count). The Morgan fingerprint density at radius 1 is 0.725 bits per heavy atom. The van der Waals surface area contributed by atoms with Crippen molar-refractivity contribution in [3.05, 3.63) is 113 Å². The van der Waals surface area contributed by atoms with E-state index in [1.54, 1.807) is 75.7 Å². The lowest BCUT2D eigenvalue weighted by Crippen LogP contribution is -2.38. The van der Waals surface area contributed by atoms with E-state index in [1.165, 1.54) is 48.9 Å². The van der Waals surface area contributed by atoms with Crippen molar-refractivity contribution >= 4 is 73.0 Å². The molecule has 0 aliphatic carbocycles. The summed E-state index contributed by atoms with van der Waals surface area (Å²) in [5.74, 6) is 1.59. The van der Waals surface area contributed by atoms with Crippen molar-refractivity contribution in [2.75, 3.05) is 24.7 Å². The third kappa shape index (κ3) is 8.18. The van der Waals surface area contributed by atoms with Crippen LogP contribution in [0.1, 0.15) is 45.0 Å². The Labute approximate surface area is 308 Å². The first-order valence-electron chi connectivity index (χ1n) is 15.8. The summed E-state index contributed by atoms with van der Waals surface area (Å²) in [5.41, 5.74) is 1.81. The van der Waals surface area contributed by atoms with Crippen LogP contribution in [0.15, 0.2) is 67.7 Å². The summed E-state index contributed by atoms with van der Waals surface area (Å²) in [4.78, 5) is 60.6. The molecule has 13 nitrogen and oxygen atoms in total. The van der Waals surface area contributed by atoms with Gasteiger partial charge >= 0.3 is 11.4 Å². The van der Waals surface area contributed by atoms with Gasteiger partial charge in [0.15, 0.2) is 6.29 Å². The van der Waals surface area contributed by atoms with Crippen molar-refractivity contribution < 1.29 is 15.0 Å². The van der Waals surface area contributed by atoms with Gasteiger partial charge in [0, 0.05) is 61.6 Å². The molecule has 2 aromatic carbocycles. The van der Waals surface area contributed by atoms with Crippen LogP contribution < -0.4 is 22.5 Å². The molecular weight excluding hydrogens is 733 g/mol. The average Bonchev–Trinajstić information content (AvgIpc) is 3.73. The molecular formula is C34H36N6O7S4. The van der Waals surface area contributed by atoms with E-state index in [0.29, 0.717) is 53.0 Å². The summed E-state index contributed by atoms with van der Waals surface area (Å²) < 4.78 is 15.7. The minimum Gasteiger partial charge on any atom is -0.396 e. The maximum Gasteiger partial charge on any atom is 0.335 e. The predicted molar refractivity (Wildman–Crippen MR) is 207 cm³/mol. The lowest BCUT2D eigenvalue weighted by molar-refractivity contribution is 0.112. The van der Waals surface area contributed by atoms with E-state index >= 15 is 0 Å². The first-order chi connectivity index (χ1) is 24.5. The zero-order valence-electron chi connectivity index (χ0n) is 28.3. The van der Waals surface area contributed by atoms with Crippen LogP contribution in [0.4, 0.5) is 0 Å². The van der Waals surface area contributed by atoms with Crippen LogP contribution >= 0.6 is 46.6 Å². The summed E-state index contributed by atoms with van der Waals surface area (Å²) in [6.45, 7) is 3.71. The molecule has 268 valence electrons. The number of rotatable bonds is 12. The molecule has 6 aromatic rings. The highest BCUT2D eigenvalue weighted by Crippen LogP contribution is 2.43. The van der Waals surface area contributed by atoms with Crippen molar-refractivity contribution in [1.29, 1.82) is 0 Å². The number of aromatic nitrogens is 6. The Bertz CT molecular complexity index is 2430. The van der Waals surface area contributed by atoms with E-state index in [2.05, 4.69) is 8.75 Å². The highest BCUT2D eigenvalue weighted by Gasteiger charge is 2.20. The fraction of sp³-hybridized carbons (Fsp3) is 0.324. The number of aryl methyl sites for hydroxylation is 2. The quantitative estimate of drug-likeness (QED) is 0.105. The monoisotopic (exact) mass is 768 g/mol. The number of benzene rings is 2. The lowest BCUT2D eigenvalue weighted by Gasteiger charge is -2.15. The molecule has 2 N–H and O–H groups in total. The summed E-state index contributed by atoms with van der Waals surface area (Å²) >= 11 is 6.02. The summed E-state index contributed by atoms with van der Waals surface area (Å²) in [6.07, 6.45) is 2.06. The maximum absolute atomic E-state index is 12.7. The number of carbonyl (C=O) groups is 1. The lowest BCUT2D eigenvalue weighted by atomic mass is 10.2. The fourth-order valence-corrected chi connectivity index (χ4v) is 9.40. The van der Waals surface area contributed by atoms with E-state index < -0.39 is 11.2 Å². The van der Waals surface area contributed by atoms with Crippen LogP contribution in [0.2, 0.25) is 0 Å². The second-order valence-electron chi connectivity index (χ2n) is 11.4. The van der Waals surface area contributed by atoms with Gasteiger partial charge in [-0.15, -0.1) is 23.5 Å². The third-order valence-electron chi connectivity index (χ3n) is 8.08. The summed E-state index contributed by atoms with van der Waals surface area (Å²) in [7, 11) is 3.25. The molecule has 0 aliphatic heterocycles. The van der Waals surface area contributed by atoms with Gasteiger partial charge in [0.25, 0.3) is 11.1 Å². The summed E-state index contributed by atoms with van der Waals surface area (Å²) in [6, 6.07) is 13.4. The summed E-state index contributed by atoms with van der Waals surface area (Å²) in [5, 5.41) is 19.8. The minimum atomic E-state index is -0.421. The molecule has 0 saturated heterocycles. The molecule has 51 heavy (non-hydrogen) atoms. The van der Waals surface area contributed by atoms with Crippen LogP contribution in [-0.2, 0) is 14.1 Å². The molecule has 4 aromatic heterocycles. The highest BCUT2D eigenvalue weighted by atomic mass is 32.2. The van der Waals surface area contributed by atoms with E-state index in [-0.39, 0.29) is 29.0 Å². The van der Waals surface area contributed by atoms with Gasteiger partial charge in [0.05, 0.1) is 31.1 Å². The number of carbonyl (C=O) groups excluding carboxylic acids is 1. The first kappa shape index (κ1) is 38.1. The molecule has 0 bridgehead atoms. The Morgan fingerprint density at radius 2 is 1.20 bits per heavy atom. The van der Waals surface area contributed by atoms with Crippen molar-refractivity contribution in [2.45, 2.75) is 31.3 Å². The van der Waals surface area contributed by atoms with E-state index in [4.69, 9.17) is 10.2 Å². The molecule has 0 saturated carbocycles. The standard InChI is InChI=1S/C20H25N3O4S3.C14H11N3O3S/c1-13-11-17(26)23(20(27)22(13)2)14-5-6-16-15(12-14)18(21-30-16)19(28-9-3-7-24)29-10-4-8-25;1-8-5-13(19)17(14(20)16(8)2)9-3-4-12-10(6-9)11(7-18)15-21-12/h5-6,11-12,19,24-25H,3-4,7-10H2,1-2H3;3-7H,1-2H3. The van der Waals surface area contributed by atoms with Crippen molar-refractivity contribution in [1.82, 2.24) is 27.0 Å². The number of aliphatic hydroxyl groups is 2. The van der Waals surface area contributed by atoms with Crippen molar-refractivity contribution in [3.63, 3.8) is 0 Å². The van der Waals surface area contributed by atoms with Gasteiger partial charge in [-0.3, -0.25) is 14.4 Å². The minimum absolute atomic E-state index is 0.0460. The van der Waals surface area contributed by atoms with Crippen molar-refractivity contribution in [3.8, 4) is 11.4 Å². The van der Waals surface area contributed by atoms with Gasteiger partial charge in [-0.2, -0.15) is 8.75 Å². The van der Waals surface area contributed by atoms with Gasteiger partial charge < -0.3 is 19.3 Å². The molecule has 0 aliphatic rings. The normalized spacial score (nSPS) is 11.4. The smallest absolute Gasteiger partial charge is 0.335 e. The van der Waals surface area contributed by atoms with Crippen LogP contribution in [0, 0.1) is 13.8 Å². The Hall–Kier alpha value is -4.13. The van der Waals surface area contributed by atoms with Gasteiger partial charge in [-0.1, -0.05) is 0 Å². The highest BCUT2D eigenvalue weighted by molar-refractivity contribution is 8.16. The second kappa shape index (κ2) is 16.9. The number of aldehydes is 1. The average molecular weight is 769 g/mol. The molecule has 0 unspecified atom stereocenters. The second-order valence-corrected chi connectivity index (χ2v) is 15.8. The largest absolute Gasteiger partial charge is 0.396 e. The molecule has 0 atom stereocenters. The maximum atomic E-state index is 12.7. The first-order valence-corrected chi connectivity index (χ1v) is 19.4. The van der Waals surface area contributed by atoms with Crippen molar-refractivity contribution in [2.24, 2.45) is 14.1 Å². The number of hydrogen-bond donors (Lipinski definition) is 2. The molecule has 0 spiro atoms. The topological polar surface area (TPSA) is 171 Å². The number of nitrogens with zero attached hydrogens (tertiary/aromatic N) is 6. The van der Waals surface area contributed by atoms with E-state index in [9.17, 15) is 24.0 Å².